The van der Waals surface area contributed by atoms with Crippen LogP contribution in [0.15, 0.2) is 23.9 Å². The molecule has 0 aromatic rings. The molecule has 1 amide bonds. The third kappa shape index (κ3) is 2.92. The van der Waals surface area contributed by atoms with Crippen LogP contribution in [0.25, 0.3) is 0 Å². The quantitative estimate of drug-likeness (QED) is 0.743. The Morgan fingerprint density at radius 1 is 1.60 bits per heavy atom. The number of hydrogen-bond donors (Lipinski definition) is 1. The fourth-order valence-electron chi connectivity index (χ4n) is 1.28. The number of carbonyl (C=O) groups is 1. The molecule has 3 nitrogen and oxygen atoms in total. The SMILES string of the molecule is CC(C)(C)C(=O)N1C=C(CBr)C=CC1N. The maximum Gasteiger partial charge on any atom is 0.233 e. The summed E-state index contributed by atoms with van der Waals surface area (Å²) in [5, 5.41) is 0.726. The van der Waals surface area contributed by atoms with Crippen molar-refractivity contribution in [1.29, 1.82) is 0 Å². The van der Waals surface area contributed by atoms with Gasteiger partial charge in [0.05, 0.1) is 0 Å². The van der Waals surface area contributed by atoms with Crippen molar-refractivity contribution in [1.82, 2.24) is 4.90 Å². The molecule has 1 heterocycles. The van der Waals surface area contributed by atoms with Gasteiger partial charge in [0, 0.05) is 16.9 Å². The second kappa shape index (κ2) is 4.49. The van der Waals surface area contributed by atoms with Crippen molar-refractivity contribution >= 4 is 21.8 Å². The minimum Gasteiger partial charge on any atom is -0.308 e. The van der Waals surface area contributed by atoms with Gasteiger partial charge >= 0.3 is 0 Å². The Labute approximate surface area is 99.1 Å². The van der Waals surface area contributed by atoms with E-state index in [0.717, 1.165) is 10.9 Å². The smallest absolute Gasteiger partial charge is 0.233 e. The van der Waals surface area contributed by atoms with Crippen LogP contribution in [0.4, 0.5) is 0 Å². The number of carbonyl (C=O) groups excluding carboxylic acids is 1. The van der Waals surface area contributed by atoms with Gasteiger partial charge in [-0.15, -0.1) is 0 Å². The van der Waals surface area contributed by atoms with Gasteiger partial charge in [0.2, 0.25) is 5.91 Å². The first-order valence-electron chi connectivity index (χ1n) is 4.89. The number of rotatable bonds is 1. The lowest BCUT2D eigenvalue weighted by molar-refractivity contribution is -0.137. The minimum absolute atomic E-state index is 0.0396. The van der Waals surface area contributed by atoms with Gasteiger partial charge in [-0.25, -0.2) is 0 Å². The fraction of sp³-hybridized carbons (Fsp3) is 0.545. The molecule has 0 fully saturated rings. The molecule has 84 valence electrons. The first-order chi connectivity index (χ1) is 6.86. The Kier molecular flexibility index (Phi) is 3.73. The molecule has 1 unspecified atom stereocenters. The van der Waals surface area contributed by atoms with E-state index in [4.69, 9.17) is 5.73 Å². The molecule has 0 saturated carbocycles. The van der Waals surface area contributed by atoms with E-state index < -0.39 is 5.41 Å². The van der Waals surface area contributed by atoms with E-state index in [0.29, 0.717) is 0 Å². The summed E-state index contributed by atoms with van der Waals surface area (Å²) in [6, 6.07) is 0. The van der Waals surface area contributed by atoms with Crippen molar-refractivity contribution in [2.75, 3.05) is 5.33 Å². The van der Waals surface area contributed by atoms with E-state index in [9.17, 15) is 4.79 Å². The minimum atomic E-state index is -0.406. The van der Waals surface area contributed by atoms with Crippen molar-refractivity contribution in [3.8, 4) is 0 Å². The molecular weight excluding hydrogens is 256 g/mol. The standard InChI is InChI=1S/C11H17BrN2O/c1-11(2,3)10(15)14-7-8(6-12)4-5-9(14)13/h4-5,7,9H,6,13H2,1-3H3. The second-order valence-electron chi connectivity index (χ2n) is 4.65. The van der Waals surface area contributed by atoms with Crippen molar-refractivity contribution in [2.24, 2.45) is 11.1 Å². The molecule has 0 spiro atoms. The fourth-order valence-corrected chi connectivity index (χ4v) is 1.61. The summed E-state index contributed by atoms with van der Waals surface area (Å²) in [6.07, 6.45) is 5.23. The number of halogens is 1. The molecule has 0 aromatic heterocycles. The number of hydrogen-bond acceptors (Lipinski definition) is 2. The third-order valence-corrected chi connectivity index (χ3v) is 2.81. The van der Waals surface area contributed by atoms with Crippen LogP contribution in [-0.2, 0) is 4.79 Å². The van der Waals surface area contributed by atoms with Crippen LogP contribution in [0, 0.1) is 5.41 Å². The molecule has 1 rings (SSSR count). The molecule has 15 heavy (non-hydrogen) atoms. The van der Waals surface area contributed by atoms with Crippen molar-refractivity contribution < 1.29 is 4.79 Å². The van der Waals surface area contributed by atoms with Crippen LogP contribution in [0.2, 0.25) is 0 Å². The Balaban J connectivity index is 2.90. The van der Waals surface area contributed by atoms with Crippen LogP contribution in [-0.4, -0.2) is 22.3 Å². The van der Waals surface area contributed by atoms with Crippen LogP contribution in [0.1, 0.15) is 20.8 Å². The highest BCUT2D eigenvalue weighted by molar-refractivity contribution is 9.09. The third-order valence-electron chi connectivity index (χ3n) is 2.16. The highest BCUT2D eigenvalue weighted by Gasteiger charge is 2.29. The van der Waals surface area contributed by atoms with E-state index in [1.165, 1.54) is 0 Å². The molecule has 0 aliphatic carbocycles. The molecule has 1 aliphatic heterocycles. The highest BCUT2D eigenvalue weighted by atomic mass is 79.9. The summed E-state index contributed by atoms with van der Waals surface area (Å²) in [6.45, 7) is 5.67. The summed E-state index contributed by atoms with van der Waals surface area (Å²) in [4.78, 5) is 13.6. The van der Waals surface area contributed by atoms with Gasteiger partial charge in [-0.3, -0.25) is 9.69 Å². The molecular formula is C11H17BrN2O. The predicted octanol–water partition coefficient (Wildman–Crippen LogP) is 1.99. The first-order valence-corrected chi connectivity index (χ1v) is 6.01. The second-order valence-corrected chi connectivity index (χ2v) is 5.21. The highest BCUT2D eigenvalue weighted by Crippen LogP contribution is 2.22. The molecule has 0 aromatic carbocycles. The normalized spacial score (nSPS) is 21.5. The zero-order chi connectivity index (χ0) is 11.6. The van der Waals surface area contributed by atoms with Gasteiger partial charge < -0.3 is 5.73 Å². The van der Waals surface area contributed by atoms with Crippen molar-refractivity contribution in [2.45, 2.75) is 26.9 Å². The lowest BCUT2D eigenvalue weighted by atomic mass is 9.94. The summed E-state index contributed by atoms with van der Waals surface area (Å²) < 4.78 is 0. The summed E-state index contributed by atoms with van der Waals surface area (Å²) >= 11 is 3.36. The maximum absolute atomic E-state index is 12.0. The number of amides is 1. The Hall–Kier alpha value is -0.610. The van der Waals surface area contributed by atoms with Gasteiger partial charge in [0.15, 0.2) is 0 Å². The predicted molar refractivity (Wildman–Crippen MR) is 65.3 cm³/mol. The van der Waals surface area contributed by atoms with Gasteiger partial charge in [0.25, 0.3) is 0 Å². The molecule has 1 atom stereocenters. The lowest BCUT2D eigenvalue weighted by Crippen LogP contribution is -2.47. The van der Waals surface area contributed by atoms with Crippen molar-refractivity contribution in [3.05, 3.63) is 23.9 Å². The molecule has 2 N–H and O–H groups in total. The molecule has 4 heteroatoms. The van der Waals surface area contributed by atoms with E-state index in [-0.39, 0.29) is 12.1 Å². The molecule has 0 bridgehead atoms. The zero-order valence-corrected chi connectivity index (χ0v) is 10.9. The largest absolute Gasteiger partial charge is 0.308 e. The Morgan fingerprint density at radius 3 is 2.67 bits per heavy atom. The number of allylic oxidation sites excluding steroid dienone is 2. The lowest BCUT2D eigenvalue weighted by Gasteiger charge is -2.32. The summed E-state index contributed by atoms with van der Waals surface area (Å²) in [5.41, 5.74) is 6.50. The van der Waals surface area contributed by atoms with Crippen LogP contribution >= 0.6 is 15.9 Å². The molecule has 0 saturated heterocycles. The van der Waals surface area contributed by atoms with E-state index >= 15 is 0 Å². The van der Waals surface area contributed by atoms with Gasteiger partial charge in [0.1, 0.15) is 6.17 Å². The van der Waals surface area contributed by atoms with Gasteiger partial charge in [-0.1, -0.05) is 42.8 Å². The number of nitrogens with zero attached hydrogens (tertiary/aromatic N) is 1. The van der Waals surface area contributed by atoms with Gasteiger partial charge in [-0.05, 0) is 11.6 Å². The van der Waals surface area contributed by atoms with E-state index in [1.807, 2.05) is 39.1 Å². The molecule has 1 aliphatic rings. The summed E-state index contributed by atoms with van der Waals surface area (Å²) in [7, 11) is 0. The first kappa shape index (κ1) is 12.5. The average molecular weight is 273 g/mol. The Bertz CT molecular complexity index is 315. The zero-order valence-electron chi connectivity index (χ0n) is 9.33. The summed E-state index contributed by atoms with van der Waals surface area (Å²) in [5.74, 6) is 0.0396. The van der Waals surface area contributed by atoms with E-state index in [1.54, 1.807) is 4.90 Å². The topological polar surface area (TPSA) is 46.3 Å². The Morgan fingerprint density at radius 2 is 2.20 bits per heavy atom. The van der Waals surface area contributed by atoms with Crippen LogP contribution in [0.3, 0.4) is 0 Å². The molecule has 0 radical (unpaired) electrons. The van der Waals surface area contributed by atoms with Crippen LogP contribution in [0.5, 0.6) is 0 Å². The monoisotopic (exact) mass is 272 g/mol. The van der Waals surface area contributed by atoms with Crippen molar-refractivity contribution in [3.63, 3.8) is 0 Å². The number of alkyl halides is 1. The average Bonchev–Trinajstić information content (AvgIpc) is 2.16. The van der Waals surface area contributed by atoms with E-state index in [2.05, 4.69) is 15.9 Å². The van der Waals surface area contributed by atoms with Crippen LogP contribution < -0.4 is 5.73 Å². The van der Waals surface area contributed by atoms with Gasteiger partial charge in [-0.2, -0.15) is 0 Å². The maximum atomic E-state index is 12.0. The number of nitrogens with two attached hydrogens (primary N) is 1.